The molecule has 2 heterocycles. The van der Waals surface area contributed by atoms with Gasteiger partial charge in [0.15, 0.2) is 4.80 Å². The SMILES string of the molecule is C=CCOc1c(I)cc(Br)cc1/C=c1\sc2n(c1=O)[C@H](c1ccccc1Cl)C(C(=O)OCC)=C(C)N=2. The van der Waals surface area contributed by atoms with Gasteiger partial charge in [-0.05, 0) is 66.3 Å². The molecule has 186 valence electrons. The molecule has 10 heteroatoms. The second kappa shape index (κ2) is 11.5. The fourth-order valence-electron chi connectivity index (χ4n) is 3.91. The number of benzene rings is 2. The Morgan fingerprint density at radius 2 is 2.11 bits per heavy atom. The number of hydrogen-bond acceptors (Lipinski definition) is 6. The Morgan fingerprint density at radius 3 is 2.81 bits per heavy atom. The molecular weight excluding hydrogens is 679 g/mol. The first-order valence-electron chi connectivity index (χ1n) is 10.9. The third-order valence-corrected chi connectivity index (χ3v) is 7.97. The smallest absolute Gasteiger partial charge is 0.338 e. The van der Waals surface area contributed by atoms with E-state index in [1.807, 2.05) is 18.2 Å². The molecule has 0 saturated carbocycles. The number of ether oxygens (including phenoxy) is 2. The van der Waals surface area contributed by atoms with Crippen LogP contribution in [0.25, 0.3) is 6.08 Å². The highest BCUT2D eigenvalue weighted by molar-refractivity contribution is 14.1. The van der Waals surface area contributed by atoms with Crippen molar-refractivity contribution >= 4 is 73.5 Å². The molecule has 0 spiro atoms. The summed E-state index contributed by atoms with van der Waals surface area (Å²) in [6, 6.07) is 10.2. The van der Waals surface area contributed by atoms with Crippen molar-refractivity contribution in [1.29, 1.82) is 0 Å². The highest BCUT2D eigenvalue weighted by atomic mass is 127. The van der Waals surface area contributed by atoms with E-state index in [9.17, 15) is 9.59 Å². The third-order valence-electron chi connectivity index (χ3n) is 5.39. The Kier molecular flexibility index (Phi) is 8.54. The van der Waals surface area contributed by atoms with E-state index >= 15 is 0 Å². The number of esters is 1. The van der Waals surface area contributed by atoms with Crippen LogP contribution in [0, 0.1) is 3.57 Å². The first-order valence-corrected chi connectivity index (χ1v) is 14.0. The third kappa shape index (κ3) is 5.25. The van der Waals surface area contributed by atoms with Crippen LogP contribution in [0.3, 0.4) is 0 Å². The molecule has 1 aromatic heterocycles. The Hall–Kier alpha value is -2.21. The van der Waals surface area contributed by atoms with Crippen LogP contribution >= 0.6 is 61.5 Å². The highest BCUT2D eigenvalue weighted by Gasteiger charge is 2.34. The summed E-state index contributed by atoms with van der Waals surface area (Å²) in [6.45, 7) is 7.72. The molecule has 0 N–H and O–H groups in total. The van der Waals surface area contributed by atoms with Gasteiger partial charge in [-0.3, -0.25) is 9.36 Å². The van der Waals surface area contributed by atoms with Crippen molar-refractivity contribution in [2.45, 2.75) is 19.9 Å². The molecule has 0 bridgehead atoms. The van der Waals surface area contributed by atoms with E-state index in [1.165, 1.54) is 15.9 Å². The summed E-state index contributed by atoms with van der Waals surface area (Å²) >= 11 is 13.5. The van der Waals surface area contributed by atoms with Gasteiger partial charge < -0.3 is 9.47 Å². The average Bonchev–Trinajstić information content (AvgIpc) is 3.12. The lowest BCUT2D eigenvalue weighted by molar-refractivity contribution is -0.139. The van der Waals surface area contributed by atoms with Crippen LogP contribution in [0.2, 0.25) is 5.02 Å². The first kappa shape index (κ1) is 26.8. The lowest BCUT2D eigenvalue weighted by Gasteiger charge is -2.25. The number of nitrogens with zero attached hydrogens (tertiary/aromatic N) is 2. The number of halogens is 3. The van der Waals surface area contributed by atoms with Crippen molar-refractivity contribution in [2.75, 3.05) is 13.2 Å². The van der Waals surface area contributed by atoms with E-state index in [4.69, 9.17) is 21.1 Å². The Morgan fingerprint density at radius 1 is 1.36 bits per heavy atom. The molecule has 1 aliphatic rings. The van der Waals surface area contributed by atoms with Crippen LogP contribution in [0.15, 0.2) is 74.6 Å². The molecule has 4 rings (SSSR count). The van der Waals surface area contributed by atoms with Gasteiger partial charge in [0.05, 0.1) is 26.0 Å². The molecule has 3 aromatic rings. The second-order valence-corrected chi connectivity index (χ2v) is 11.2. The van der Waals surface area contributed by atoms with Gasteiger partial charge in [-0.1, -0.05) is 69.7 Å². The first-order chi connectivity index (χ1) is 17.3. The summed E-state index contributed by atoms with van der Waals surface area (Å²) in [6.07, 6.45) is 3.45. The maximum absolute atomic E-state index is 13.8. The molecule has 0 amide bonds. The molecule has 0 fully saturated rings. The van der Waals surface area contributed by atoms with E-state index in [-0.39, 0.29) is 17.7 Å². The van der Waals surface area contributed by atoms with Crippen LogP contribution in [0.4, 0.5) is 0 Å². The van der Waals surface area contributed by atoms with Gasteiger partial charge in [-0.2, -0.15) is 0 Å². The molecule has 1 atom stereocenters. The molecule has 2 aromatic carbocycles. The fraction of sp³-hybridized carbons (Fsp3) is 0.192. The van der Waals surface area contributed by atoms with Crippen molar-refractivity contribution in [2.24, 2.45) is 4.99 Å². The topological polar surface area (TPSA) is 69.9 Å². The van der Waals surface area contributed by atoms with Crippen LogP contribution < -0.4 is 19.6 Å². The monoisotopic (exact) mass is 698 g/mol. The van der Waals surface area contributed by atoms with E-state index in [0.29, 0.717) is 38.0 Å². The molecule has 36 heavy (non-hydrogen) atoms. The number of carbonyl (C=O) groups excluding carboxylic acids is 1. The lowest BCUT2D eigenvalue weighted by atomic mass is 9.96. The Labute approximate surface area is 238 Å². The largest absolute Gasteiger partial charge is 0.488 e. The number of thiazole rings is 1. The Bertz CT molecular complexity index is 1580. The highest BCUT2D eigenvalue weighted by Crippen LogP contribution is 2.35. The van der Waals surface area contributed by atoms with Gasteiger partial charge in [0.1, 0.15) is 18.4 Å². The number of hydrogen-bond donors (Lipinski definition) is 0. The number of rotatable bonds is 7. The summed E-state index contributed by atoms with van der Waals surface area (Å²) in [5, 5.41) is 0.440. The lowest BCUT2D eigenvalue weighted by Crippen LogP contribution is -2.40. The quantitative estimate of drug-likeness (QED) is 0.189. The minimum atomic E-state index is -0.768. The zero-order chi connectivity index (χ0) is 26.0. The van der Waals surface area contributed by atoms with Gasteiger partial charge >= 0.3 is 5.97 Å². The zero-order valence-electron chi connectivity index (χ0n) is 19.4. The van der Waals surface area contributed by atoms with Crippen molar-refractivity contribution in [3.05, 3.63) is 104 Å². The molecule has 0 saturated heterocycles. The molecule has 0 aliphatic carbocycles. The maximum atomic E-state index is 13.8. The Balaban J connectivity index is 1.98. The molecular formula is C26H21BrClIN2O4S. The fourth-order valence-corrected chi connectivity index (χ4v) is 6.89. The summed E-state index contributed by atoms with van der Waals surface area (Å²) in [5.74, 6) is 0.121. The van der Waals surface area contributed by atoms with Crippen molar-refractivity contribution in [3.8, 4) is 5.75 Å². The van der Waals surface area contributed by atoms with Crippen LogP contribution in [-0.4, -0.2) is 23.8 Å². The van der Waals surface area contributed by atoms with Crippen molar-refractivity contribution in [1.82, 2.24) is 4.57 Å². The van der Waals surface area contributed by atoms with Crippen LogP contribution in [-0.2, 0) is 9.53 Å². The summed E-state index contributed by atoms with van der Waals surface area (Å²) in [4.78, 5) is 31.9. The number of carbonyl (C=O) groups is 1. The van der Waals surface area contributed by atoms with E-state index in [0.717, 1.165) is 13.6 Å². The van der Waals surface area contributed by atoms with Crippen LogP contribution in [0.5, 0.6) is 5.75 Å². The number of allylic oxidation sites excluding steroid dienone is 1. The van der Waals surface area contributed by atoms with E-state index in [1.54, 1.807) is 44.2 Å². The molecule has 0 unspecified atom stereocenters. The summed E-state index contributed by atoms with van der Waals surface area (Å²) in [7, 11) is 0. The van der Waals surface area contributed by atoms with Gasteiger partial charge in [-0.25, -0.2) is 9.79 Å². The van der Waals surface area contributed by atoms with Gasteiger partial charge in [0.25, 0.3) is 5.56 Å². The van der Waals surface area contributed by atoms with Crippen LogP contribution in [0.1, 0.15) is 31.0 Å². The normalized spacial score (nSPS) is 15.4. The molecule has 0 radical (unpaired) electrons. The summed E-state index contributed by atoms with van der Waals surface area (Å²) < 4.78 is 14.9. The maximum Gasteiger partial charge on any atom is 0.338 e. The predicted octanol–water partition coefficient (Wildman–Crippen LogP) is 5.38. The van der Waals surface area contributed by atoms with E-state index < -0.39 is 12.0 Å². The van der Waals surface area contributed by atoms with Crippen molar-refractivity contribution < 1.29 is 14.3 Å². The predicted molar refractivity (Wildman–Crippen MR) is 154 cm³/mol. The average molecular weight is 700 g/mol. The zero-order valence-corrected chi connectivity index (χ0v) is 24.7. The number of fused-ring (bicyclic) bond motifs is 1. The second-order valence-electron chi connectivity index (χ2n) is 7.73. The molecule has 6 nitrogen and oxygen atoms in total. The summed E-state index contributed by atoms with van der Waals surface area (Å²) in [5.41, 5.74) is 1.84. The standard InChI is InChI=1S/C26H21BrClIN2O4S/c1-4-10-35-23-15(11-16(27)13-19(23)29)12-20-24(32)31-22(17-8-6-7-9-18(17)28)21(25(33)34-5-2)14(3)30-26(31)36-20/h4,6-9,11-13,22H,1,5,10H2,2-3H3/b20-12-/t22-/m1/s1. The van der Waals surface area contributed by atoms with Gasteiger partial charge in [-0.15, -0.1) is 0 Å². The number of aromatic nitrogens is 1. The van der Waals surface area contributed by atoms with Crippen molar-refractivity contribution in [3.63, 3.8) is 0 Å². The molecule has 1 aliphatic heterocycles. The minimum Gasteiger partial charge on any atom is -0.488 e. The minimum absolute atomic E-state index is 0.199. The van der Waals surface area contributed by atoms with Gasteiger partial charge in [0.2, 0.25) is 0 Å². The van der Waals surface area contributed by atoms with Gasteiger partial charge in [0, 0.05) is 15.1 Å². The van der Waals surface area contributed by atoms with E-state index in [2.05, 4.69) is 50.1 Å².